The first-order valence-corrected chi connectivity index (χ1v) is 8.59. The Morgan fingerprint density at radius 2 is 1.75 bits per heavy atom. The lowest BCUT2D eigenvalue weighted by molar-refractivity contribution is -0.106. The van der Waals surface area contributed by atoms with E-state index in [0.29, 0.717) is 11.6 Å². The molecule has 0 aliphatic rings. The van der Waals surface area contributed by atoms with Crippen molar-refractivity contribution in [2.75, 3.05) is 14.2 Å². The highest BCUT2D eigenvalue weighted by Crippen LogP contribution is 2.30. The monoisotopic (exact) mass is 348 g/mol. The number of aryl methyl sites for hydroxylation is 2. The molecule has 0 aliphatic carbocycles. The summed E-state index contributed by atoms with van der Waals surface area (Å²) in [5.74, 6) is 0.911. The van der Waals surface area contributed by atoms with Gasteiger partial charge in [0.15, 0.2) is 6.29 Å². The molecular formula is C20H25ClO3. The summed E-state index contributed by atoms with van der Waals surface area (Å²) in [5, 5.41) is 0.649. The Morgan fingerprint density at radius 3 is 2.38 bits per heavy atom. The maximum absolute atomic E-state index is 6.39. The topological polar surface area (TPSA) is 27.7 Å². The summed E-state index contributed by atoms with van der Waals surface area (Å²) in [6.45, 7) is 4.64. The van der Waals surface area contributed by atoms with Gasteiger partial charge >= 0.3 is 0 Å². The molecule has 0 spiro atoms. The maximum atomic E-state index is 6.39. The number of halogens is 1. The normalized spacial score (nSPS) is 11.1. The van der Waals surface area contributed by atoms with Crippen LogP contribution in [0.25, 0.3) is 0 Å². The van der Waals surface area contributed by atoms with Crippen LogP contribution in [0.1, 0.15) is 42.4 Å². The molecule has 0 amide bonds. The van der Waals surface area contributed by atoms with Gasteiger partial charge in [-0.05, 0) is 36.1 Å². The minimum Gasteiger partial charge on any atom is -0.489 e. The van der Waals surface area contributed by atoms with Crippen LogP contribution in [-0.4, -0.2) is 14.2 Å². The molecule has 0 fully saturated rings. The van der Waals surface area contributed by atoms with Crippen molar-refractivity contribution in [1.82, 2.24) is 0 Å². The zero-order valence-corrected chi connectivity index (χ0v) is 15.5. The summed E-state index contributed by atoms with van der Waals surface area (Å²) >= 11 is 6.39. The fourth-order valence-corrected chi connectivity index (χ4v) is 2.93. The molecule has 0 heterocycles. The molecule has 130 valence electrons. The Hall–Kier alpha value is -1.55. The molecule has 2 rings (SSSR count). The second-order valence-corrected chi connectivity index (χ2v) is 5.96. The van der Waals surface area contributed by atoms with Crippen LogP contribution in [-0.2, 0) is 28.9 Å². The van der Waals surface area contributed by atoms with E-state index >= 15 is 0 Å². The van der Waals surface area contributed by atoms with Gasteiger partial charge < -0.3 is 14.2 Å². The van der Waals surface area contributed by atoms with Crippen LogP contribution < -0.4 is 4.74 Å². The predicted octanol–water partition coefficient (Wildman–Crippen LogP) is 5.34. The molecule has 0 atom stereocenters. The Labute approximate surface area is 149 Å². The van der Waals surface area contributed by atoms with Gasteiger partial charge in [0.1, 0.15) is 12.4 Å². The van der Waals surface area contributed by atoms with Crippen LogP contribution in [0.15, 0.2) is 36.4 Å². The molecule has 2 aromatic rings. The quantitative estimate of drug-likeness (QED) is 0.603. The molecule has 0 saturated heterocycles. The van der Waals surface area contributed by atoms with Gasteiger partial charge in [-0.15, -0.1) is 0 Å². The van der Waals surface area contributed by atoms with Gasteiger partial charge in [0.25, 0.3) is 0 Å². The third-order valence-electron chi connectivity index (χ3n) is 4.13. The molecule has 2 aromatic carbocycles. The van der Waals surface area contributed by atoms with Crippen LogP contribution in [0.4, 0.5) is 0 Å². The molecule has 0 unspecified atom stereocenters. The minimum atomic E-state index is -0.463. The summed E-state index contributed by atoms with van der Waals surface area (Å²) in [6, 6.07) is 12.1. The van der Waals surface area contributed by atoms with E-state index in [2.05, 4.69) is 32.0 Å². The van der Waals surface area contributed by atoms with Crippen LogP contribution in [0.2, 0.25) is 5.02 Å². The largest absolute Gasteiger partial charge is 0.489 e. The number of benzene rings is 2. The van der Waals surface area contributed by atoms with Crippen molar-refractivity contribution in [1.29, 1.82) is 0 Å². The van der Waals surface area contributed by atoms with E-state index in [9.17, 15) is 0 Å². The molecule has 3 nitrogen and oxygen atoms in total. The van der Waals surface area contributed by atoms with Gasteiger partial charge in [0, 0.05) is 30.4 Å². The molecule has 0 aliphatic heterocycles. The Bertz CT molecular complexity index is 666. The van der Waals surface area contributed by atoms with Gasteiger partial charge in [-0.2, -0.15) is 0 Å². The molecule has 0 saturated carbocycles. The number of methoxy groups -OCH3 is 2. The third-order valence-corrected chi connectivity index (χ3v) is 4.48. The number of hydrogen-bond donors (Lipinski definition) is 0. The highest BCUT2D eigenvalue weighted by atomic mass is 35.5. The third kappa shape index (κ3) is 4.29. The van der Waals surface area contributed by atoms with Crippen LogP contribution >= 0.6 is 11.6 Å². The molecule has 0 radical (unpaired) electrons. The van der Waals surface area contributed by atoms with Gasteiger partial charge in [-0.25, -0.2) is 0 Å². The maximum Gasteiger partial charge on any atom is 0.183 e. The first-order valence-electron chi connectivity index (χ1n) is 8.22. The Kier molecular flexibility index (Phi) is 7.10. The van der Waals surface area contributed by atoms with Crippen molar-refractivity contribution in [2.24, 2.45) is 0 Å². The summed E-state index contributed by atoms with van der Waals surface area (Å²) in [5.41, 5.74) is 4.22. The van der Waals surface area contributed by atoms with Crippen molar-refractivity contribution in [3.8, 4) is 5.75 Å². The molecular weight excluding hydrogens is 324 g/mol. The summed E-state index contributed by atoms with van der Waals surface area (Å²) in [4.78, 5) is 0. The van der Waals surface area contributed by atoms with Crippen molar-refractivity contribution >= 4 is 11.6 Å². The fourth-order valence-electron chi connectivity index (χ4n) is 2.69. The lowest BCUT2D eigenvalue weighted by Gasteiger charge is -2.20. The van der Waals surface area contributed by atoms with E-state index in [-0.39, 0.29) is 0 Å². The first kappa shape index (κ1) is 18.8. The SMILES string of the molecule is CCc1ccc(CC)c(OCc2c(Cl)cccc2C(OC)OC)c1. The molecule has 0 bridgehead atoms. The molecule has 0 N–H and O–H groups in total. The van der Waals surface area contributed by atoms with Gasteiger partial charge in [-0.1, -0.05) is 49.7 Å². The molecule has 0 aromatic heterocycles. The van der Waals surface area contributed by atoms with Crippen molar-refractivity contribution in [3.05, 3.63) is 63.7 Å². The summed E-state index contributed by atoms with van der Waals surface area (Å²) < 4.78 is 16.9. The highest BCUT2D eigenvalue weighted by molar-refractivity contribution is 6.31. The number of hydrogen-bond acceptors (Lipinski definition) is 3. The fraction of sp³-hybridized carbons (Fsp3) is 0.400. The zero-order valence-electron chi connectivity index (χ0n) is 14.8. The lowest BCUT2D eigenvalue weighted by atomic mass is 10.1. The minimum absolute atomic E-state index is 0.373. The second kappa shape index (κ2) is 9.07. The van der Waals surface area contributed by atoms with E-state index < -0.39 is 6.29 Å². The van der Waals surface area contributed by atoms with E-state index in [1.165, 1.54) is 11.1 Å². The van der Waals surface area contributed by atoms with E-state index in [1.807, 2.05) is 18.2 Å². The predicted molar refractivity (Wildman–Crippen MR) is 97.7 cm³/mol. The number of rotatable bonds is 8. The van der Waals surface area contributed by atoms with E-state index in [0.717, 1.165) is 29.7 Å². The van der Waals surface area contributed by atoms with E-state index in [1.54, 1.807) is 14.2 Å². The standard InChI is InChI=1S/C20H25ClO3/c1-5-14-10-11-15(6-2)19(12-14)24-13-17-16(20(22-3)23-4)8-7-9-18(17)21/h7-12,20H,5-6,13H2,1-4H3. The first-order chi connectivity index (χ1) is 11.6. The van der Waals surface area contributed by atoms with Crippen molar-refractivity contribution < 1.29 is 14.2 Å². The van der Waals surface area contributed by atoms with Gasteiger partial charge in [0.05, 0.1) is 0 Å². The molecule has 24 heavy (non-hydrogen) atoms. The number of ether oxygens (including phenoxy) is 3. The smallest absolute Gasteiger partial charge is 0.183 e. The zero-order chi connectivity index (χ0) is 17.5. The summed E-state index contributed by atoms with van der Waals surface area (Å²) in [7, 11) is 3.22. The van der Waals surface area contributed by atoms with Crippen LogP contribution in [0, 0.1) is 0 Å². The molecule has 4 heteroatoms. The van der Waals surface area contributed by atoms with Gasteiger partial charge in [0.2, 0.25) is 0 Å². The van der Waals surface area contributed by atoms with Crippen LogP contribution in [0.5, 0.6) is 5.75 Å². The van der Waals surface area contributed by atoms with Crippen molar-refractivity contribution in [3.63, 3.8) is 0 Å². The van der Waals surface area contributed by atoms with E-state index in [4.69, 9.17) is 25.8 Å². The van der Waals surface area contributed by atoms with Gasteiger partial charge in [-0.3, -0.25) is 0 Å². The summed E-state index contributed by atoms with van der Waals surface area (Å²) in [6.07, 6.45) is 1.44. The lowest BCUT2D eigenvalue weighted by Crippen LogP contribution is -2.10. The Morgan fingerprint density at radius 1 is 1.00 bits per heavy atom. The van der Waals surface area contributed by atoms with Crippen LogP contribution in [0.3, 0.4) is 0 Å². The second-order valence-electron chi connectivity index (χ2n) is 5.55. The Balaban J connectivity index is 2.29. The average molecular weight is 349 g/mol. The highest BCUT2D eigenvalue weighted by Gasteiger charge is 2.17. The van der Waals surface area contributed by atoms with Crippen molar-refractivity contribution in [2.45, 2.75) is 39.6 Å². The average Bonchev–Trinajstić information content (AvgIpc) is 2.62.